The first kappa shape index (κ1) is 19.3. The van der Waals surface area contributed by atoms with Crippen LogP contribution in [0, 0.1) is 5.41 Å². The molecule has 3 rings (SSSR count). The maximum atomic E-state index is 2.67. The molecule has 3 heterocycles. The third-order valence-electron chi connectivity index (χ3n) is 5.94. The van der Waals surface area contributed by atoms with Gasteiger partial charge in [0.1, 0.15) is 0 Å². The van der Waals surface area contributed by atoms with E-state index < -0.39 is 0 Å². The number of rotatable bonds is 11. The Labute approximate surface area is 139 Å². The summed E-state index contributed by atoms with van der Waals surface area (Å²) in [5.41, 5.74) is 0.787. The summed E-state index contributed by atoms with van der Waals surface area (Å²) in [6, 6.07) is 0. The van der Waals surface area contributed by atoms with Crippen LogP contribution in [0.25, 0.3) is 0 Å². The highest BCUT2D eigenvalue weighted by Gasteiger charge is 2.38. The van der Waals surface area contributed by atoms with Crippen molar-refractivity contribution in [1.29, 1.82) is 0 Å². The van der Waals surface area contributed by atoms with Gasteiger partial charge in [0.05, 0.1) is 0 Å². The van der Waals surface area contributed by atoms with Crippen LogP contribution in [0.3, 0.4) is 0 Å². The number of fused-ring (bicyclic) bond motifs is 3. The summed E-state index contributed by atoms with van der Waals surface area (Å²) < 4.78 is 0. The van der Waals surface area contributed by atoms with E-state index in [-0.39, 0.29) is 12.4 Å². The van der Waals surface area contributed by atoms with Gasteiger partial charge in [-0.2, -0.15) is 0 Å². The first-order valence-corrected chi connectivity index (χ1v) is 9.57. The average Bonchev–Trinajstić information content (AvgIpc) is 2.51. The first-order chi connectivity index (χ1) is 9.85. The largest absolute Gasteiger partial charge is 0.303 e. The van der Waals surface area contributed by atoms with E-state index in [2.05, 4.69) is 11.8 Å². The molecule has 0 atom stereocenters. The van der Waals surface area contributed by atoms with Gasteiger partial charge in [-0.15, -0.1) is 12.4 Å². The molecule has 21 heavy (non-hydrogen) atoms. The van der Waals surface area contributed by atoms with Crippen LogP contribution in [0.5, 0.6) is 0 Å². The van der Waals surface area contributed by atoms with Crippen LogP contribution in [0.1, 0.15) is 96.8 Å². The summed E-state index contributed by atoms with van der Waals surface area (Å²) in [5.74, 6) is 0. The standard InChI is InChI=1S/C19H37N.ClH/c1-2-3-4-5-6-7-8-9-10-11-12-19-13-16-20(17-14-19)18-15-19;/h2-18H2,1H3;1H. The lowest BCUT2D eigenvalue weighted by Gasteiger charge is -2.48. The van der Waals surface area contributed by atoms with E-state index in [0.717, 1.165) is 5.41 Å². The fourth-order valence-electron chi connectivity index (χ4n) is 4.26. The topological polar surface area (TPSA) is 3.24 Å². The SMILES string of the molecule is CCCCCCCCCCCCC12CCN(CC1)CC2.Cl. The van der Waals surface area contributed by atoms with Gasteiger partial charge < -0.3 is 4.90 Å². The zero-order valence-corrected chi connectivity index (χ0v) is 15.2. The molecule has 0 saturated carbocycles. The molecule has 2 heteroatoms. The molecular formula is C19H38ClN. The highest BCUT2D eigenvalue weighted by molar-refractivity contribution is 5.85. The van der Waals surface area contributed by atoms with Crippen molar-refractivity contribution in [2.24, 2.45) is 5.41 Å². The Balaban J connectivity index is 0.00000220. The molecule has 0 aromatic rings. The fourth-order valence-corrected chi connectivity index (χ4v) is 4.26. The molecule has 0 amide bonds. The summed E-state index contributed by atoms with van der Waals surface area (Å²) in [4.78, 5) is 2.67. The minimum absolute atomic E-state index is 0. The number of piperidine rings is 3. The van der Waals surface area contributed by atoms with Crippen molar-refractivity contribution < 1.29 is 0 Å². The van der Waals surface area contributed by atoms with Crippen molar-refractivity contribution in [3.05, 3.63) is 0 Å². The highest BCUT2D eigenvalue weighted by Crippen LogP contribution is 2.43. The molecule has 3 fully saturated rings. The molecule has 0 aromatic heterocycles. The first-order valence-electron chi connectivity index (χ1n) is 9.57. The molecule has 0 aromatic carbocycles. The van der Waals surface area contributed by atoms with Crippen molar-refractivity contribution in [2.45, 2.75) is 96.8 Å². The maximum Gasteiger partial charge on any atom is -0.00134 e. The number of hydrogen-bond donors (Lipinski definition) is 0. The van der Waals surface area contributed by atoms with Crippen molar-refractivity contribution >= 4 is 12.4 Å². The van der Waals surface area contributed by atoms with Crippen LogP contribution >= 0.6 is 12.4 Å². The molecule has 126 valence electrons. The Bertz CT molecular complexity index is 232. The van der Waals surface area contributed by atoms with E-state index in [1.807, 2.05) is 0 Å². The van der Waals surface area contributed by atoms with Crippen LogP contribution in [-0.2, 0) is 0 Å². The predicted molar refractivity (Wildman–Crippen MR) is 96.4 cm³/mol. The Morgan fingerprint density at radius 1 is 0.667 bits per heavy atom. The molecule has 0 radical (unpaired) electrons. The Morgan fingerprint density at radius 3 is 1.57 bits per heavy atom. The smallest absolute Gasteiger partial charge is 0.00134 e. The molecule has 0 spiro atoms. The lowest BCUT2D eigenvalue weighted by molar-refractivity contribution is 0.0180. The van der Waals surface area contributed by atoms with E-state index in [4.69, 9.17) is 0 Å². The summed E-state index contributed by atoms with van der Waals surface area (Å²) in [6.45, 7) is 6.50. The number of unbranched alkanes of at least 4 members (excludes halogenated alkanes) is 9. The number of halogens is 1. The molecule has 1 nitrogen and oxygen atoms in total. The summed E-state index contributed by atoms with van der Waals surface area (Å²) >= 11 is 0. The maximum absolute atomic E-state index is 2.67. The van der Waals surface area contributed by atoms with E-state index in [1.165, 1.54) is 110 Å². The van der Waals surface area contributed by atoms with Crippen molar-refractivity contribution in [3.63, 3.8) is 0 Å². The molecular weight excluding hydrogens is 278 g/mol. The Hall–Kier alpha value is 0.250. The zero-order chi connectivity index (χ0) is 14.1. The second kappa shape index (κ2) is 10.9. The van der Waals surface area contributed by atoms with E-state index in [1.54, 1.807) is 0 Å². The highest BCUT2D eigenvalue weighted by atomic mass is 35.5. The van der Waals surface area contributed by atoms with E-state index in [9.17, 15) is 0 Å². The van der Waals surface area contributed by atoms with Crippen LogP contribution in [0.4, 0.5) is 0 Å². The van der Waals surface area contributed by atoms with Crippen LogP contribution in [-0.4, -0.2) is 24.5 Å². The van der Waals surface area contributed by atoms with Gasteiger partial charge in [0.2, 0.25) is 0 Å². The minimum Gasteiger partial charge on any atom is -0.303 e. The zero-order valence-electron chi connectivity index (χ0n) is 14.4. The normalized spacial score (nSPS) is 27.6. The fraction of sp³-hybridized carbons (Fsp3) is 1.00. The van der Waals surface area contributed by atoms with E-state index >= 15 is 0 Å². The van der Waals surface area contributed by atoms with Crippen molar-refractivity contribution in [1.82, 2.24) is 4.90 Å². The molecule has 3 aliphatic heterocycles. The minimum atomic E-state index is 0. The third-order valence-corrected chi connectivity index (χ3v) is 5.94. The van der Waals surface area contributed by atoms with Gasteiger partial charge >= 0.3 is 0 Å². The summed E-state index contributed by atoms with van der Waals surface area (Å²) in [7, 11) is 0. The van der Waals surface area contributed by atoms with Gasteiger partial charge in [0, 0.05) is 0 Å². The van der Waals surface area contributed by atoms with Gasteiger partial charge in [-0.3, -0.25) is 0 Å². The average molecular weight is 316 g/mol. The second-order valence-corrected chi connectivity index (χ2v) is 7.52. The summed E-state index contributed by atoms with van der Waals surface area (Å²) in [6.07, 6.45) is 20.8. The lowest BCUT2D eigenvalue weighted by atomic mass is 9.69. The van der Waals surface area contributed by atoms with Crippen molar-refractivity contribution in [3.8, 4) is 0 Å². The molecule has 0 N–H and O–H groups in total. The van der Waals surface area contributed by atoms with E-state index in [0.29, 0.717) is 0 Å². The number of nitrogens with zero attached hydrogens (tertiary/aromatic N) is 1. The lowest BCUT2D eigenvalue weighted by Crippen LogP contribution is -2.48. The quantitative estimate of drug-likeness (QED) is 0.410. The van der Waals surface area contributed by atoms with Gasteiger partial charge in [-0.25, -0.2) is 0 Å². The van der Waals surface area contributed by atoms with Crippen LogP contribution in [0.2, 0.25) is 0 Å². The molecule has 2 bridgehead atoms. The van der Waals surface area contributed by atoms with Crippen LogP contribution in [0.15, 0.2) is 0 Å². The number of hydrogen-bond acceptors (Lipinski definition) is 1. The predicted octanol–water partition coefficient (Wildman–Crippen LogP) is 6.21. The Kier molecular flexibility index (Phi) is 10.0. The van der Waals surface area contributed by atoms with Gasteiger partial charge in [0.25, 0.3) is 0 Å². The van der Waals surface area contributed by atoms with Gasteiger partial charge in [-0.05, 0) is 50.7 Å². The van der Waals surface area contributed by atoms with Gasteiger partial charge in [0.15, 0.2) is 0 Å². The second-order valence-electron chi connectivity index (χ2n) is 7.52. The molecule has 0 aliphatic carbocycles. The molecule has 3 saturated heterocycles. The monoisotopic (exact) mass is 315 g/mol. The molecule has 0 unspecified atom stereocenters. The van der Waals surface area contributed by atoms with Crippen molar-refractivity contribution in [2.75, 3.05) is 19.6 Å². The third kappa shape index (κ3) is 6.91. The van der Waals surface area contributed by atoms with Gasteiger partial charge in [-0.1, -0.05) is 71.1 Å². The molecule has 3 aliphatic rings. The Morgan fingerprint density at radius 2 is 1.10 bits per heavy atom. The van der Waals surface area contributed by atoms with Crippen LogP contribution < -0.4 is 0 Å². The summed E-state index contributed by atoms with van der Waals surface area (Å²) in [5, 5.41) is 0.